The highest BCUT2D eigenvalue weighted by molar-refractivity contribution is 5.74. The number of rotatable bonds is 1. The Bertz CT molecular complexity index is 343. The average molecular weight is 179 g/mol. The van der Waals surface area contributed by atoms with Crippen LogP contribution in [0.4, 0.5) is 0 Å². The number of aromatic nitrogens is 2. The summed E-state index contributed by atoms with van der Waals surface area (Å²) in [7, 11) is 1.84. The van der Waals surface area contributed by atoms with Gasteiger partial charge in [-0.2, -0.15) is 5.10 Å². The van der Waals surface area contributed by atoms with Crippen molar-refractivity contribution in [2.75, 3.05) is 0 Å². The van der Waals surface area contributed by atoms with Crippen molar-refractivity contribution in [1.82, 2.24) is 9.78 Å². The van der Waals surface area contributed by atoms with Gasteiger partial charge in [0.05, 0.1) is 6.20 Å². The number of carbonyl (C=O) groups excluding carboxylic acids is 1. The molecular weight excluding hydrogens is 168 g/mol. The molecule has 1 aliphatic carbocycles. The molecule has 0 fully saturated rings. The third-order valence-corrected chi connectivity index (χ3v) is 2.66. The van der Waals surface area contributed by atoms with E-state index >= 15 is 0 Å². The van der Waals surface area contributed by atoms with Crippen molar-refractivity contribution in [3.63, 3.8) is 0 Å². The third-order valence-electron chi connectivity index (χ3n) is 2.66. The number of carboxylic acids is 1. The molecule has 0 aliphatic heterocycles. The van der Waals surface area contributed by atoms with E-state index in [0.717, 1.165) is 24.1 Å². The van der Waals surface area contributed by atoms with Gasteiger partial charge in [0.2, 0.25) is 0 Å². The molecule has 0 radical (unpaired) electrons. The Morgan fingerprint density at radius 3 is 3.23 bits per heavy atom. The molecule has 0 bridgehead atoms. The van der Waals surface area contributed by atoms with E-state index in [-0.39, 0.29) is 0 Å². The van der Waals surface area contributed by atoms with E-state index < -0.39 is 11.9 Å². The van der Waals surface area contributed by atoms with Gasteiger partial charge in [0, 0.05) is 30.2 Å². The number of hydrogen-bond acceptors (Lipinski definition) is 3. The molecule has 1 aliphatic rings. The molecule has 4 heteroatoms. The van der Waals surface area contributed by atoms with Crippen LogP contribution in [0.15, 0.2) is 6.20 Å². The topological polar surface area (TPSA) is 58.0 Å². The smallest absolute Gasteiger partial charge is 0.0531 e. The van der Waals surface area contributed by atoms with E-state index in [9.17, 15) is 9.90 Å². The minimum absolute atomic E-state index is 0.447. The zero-order valence-electron chi connectivity index (χ0n) is 7.49. The van der Waals surface area contributed by atoms with Crippen molar-refractivity contribution in [3.8, 4) is 0 Å². The zero-order valence-corrected chi connectivity index (χ0v) is 7.49. The summed E-state index contributed by atoms with van der Waals surface area (Å²) >= 11 is 0. The molecule has 0 amide bonds. The van der Waals surface area contributed by atoms with Gasteiger partial charge in [-0.25, -0.2) is 0 Å². The molecule has 1 aromatic heterocycles. The lowest BCUT2D eigenvalue weighted by Gasteiger charge is -2.23. The maximum atomic E-state index is 10.8. The third kappa shape index (κ3) is 1.22. The Kier molecular flexibility index (Phi) is 1.83. The number of aliphatic carboxylic acids is 1. The van der Waals surface area contributed by atoms with E-state index in [2.05, 4.69) is 5.10 Å². The van der Waals surface area contributed by atoms with Crippen LogP contribution >= 0.6 is 0 Å². The molecule has 2 rings (SSSR count). The Labute approximate surface area is 76.2 Å². The first-order chi connectivity index (χ1) is 6.20. The van der Waals surface area contributed by atoms with Gasteiger partial charge in [0.25, 0.3) is 0 Å². The number of hydrogen-bond donors (Lipinski definition) is 0. The number of aryl methyl sites for hydroxylation is 1. The van der Waals surface area contributed by atoms with Crippen molar-refractivity contribution < 1.29 is 9.90 Å². The number of carbonyl (C=O) groups is 1. The average Bonchev–Trinajstić information content (AvgIpc) is 2.48. The first kappa shape index (κ1) is 8.29. The summed E-state index contributed by atoms with van der Waals surface area (Å²) in [5.74, 6) is -1.42. The van der Waals surface area contributed by atoms with Crippen LogP contribution in [0, 0.1) is 0 Å². The molecule has 0 spiro atoms. The first-order valence-electron chi connectivity index (χ1n) is 4.42. The Hall–Kier alpha value is -1.32. The molecule has 1 unspecified atom stereocenters. The molecule has 0 saturated carbocycles. The number of fused-ring (bicyclic) bond motifs is 1. The highest BCUT2D eigenvalue weighted by Crippen LogP contribution is 2.30. The van der Waals surface area contributed by atoms with Crippen molar-refractivity contribution in [2.45, 2.75) is 25.2 Å². The molecule has 1 aromatic rings. The van der Waals surface area contributed by atoms with Crippen molar-refractivity contribution in [3.05, 3.63) is 17.5 Å². The summed E-state index contributed by atoms with van der Waals surface area (Å²) in [6.07, 6.45) is 4.16. The van der Waals surface area contributed by atoms with Crippen LogP contribution in [0.1, 0.15) is 30.0 Å². The maximum Gasteiger partial charge on any atom is 0.0531 e. The summed E-state index contributed by atoms with van der Waals surface area (Å²) in [6, 6.07) is 0. The predicted octanol–water partition coefficient (Wildman–Crippen LogP) is -0.410. The molecule has 1 heterocycles. The largest absolute Gasteiger partial charge is 0.549 e. The summed E-state index contributed by atoms with van der Waals surface area (Å²) in [6.45, 7) is 0. The Balaban J connectivity index is 2.43. The van der Waals surface area contributed by atoms with Gasteiger partial charge in [-0.3, -0.25) is 4.68 Å². The summed E-state index contributed by atoms with van der Waals surface area (Å²) < 4.78 is 1.75. The minimum Gasteiger partial charge on any atom is -0.549 e. The highest BCUT2D eigenvalue weighted by atomic mass is 16.4. The van der Waals surface area contributed by atoms with Gasteiger partial charge >= 0.3 is 0 Å². The van der Waals surface area contributed by atoms with Gasteiger partial charge in [-0.1, -0.05) is 0 Å². The minimum atomic E-state index is -0.978. The lowest BCUT2D eigenvalue weighted by Crippen LogP contribution is -2.31. The Morgan fingerprint density at radius 1 is 1.77 bits per heavy atom. The zero-order chi connectivity index (χ0) is 9.42. The lowest BCUT2D eigenvalue weighted by atomic mass is 9.87. The van der Waals surface area contributed by atoms with Crippen molar-refractivity contribution in [2.24, 2.45) is 7.05 Å². The van der Waals surface area contributed by atoms with Crippen LogP contribution in [0.25, 0.3) is 0 Å². The van der Waals surface area contributed by atoms with Gasteiger partial charge < -0.3 is 9.90 Å². The van der Waals surface area contributed by atoms with Gasteiger partial charge in [0.15, 0.2) is 0 Å². The molecule has 4 nitrogen and oxygen atoms in total. The van der Waals surface area contributed by atoms with Gasteiger partial charge in [0.1, 0.15) is 0 Å². The van der Waals surface area contributed by atoms with E-state index in [1.165, 1.54) is 0 Å². The van der Waals surface area contributed by atoms with Crippen molar-refractivity contribution >= 4 is 5.97 Å². The van der Waals surface area contributed by atoms with E-state index in [1.807, 2.05) is 7.05 Å². The highest BCUT2D eigenvalue weighted by Gasteiger charge is 2.23. The van der Waals surface area contributed by atoms with Crippen LogP contribution < -0.4 is 5.11 Å². The maximum absolute atomic E-state index is 10.8. The van der Waals surface area contributed by atoms with E-state index in [4.69, 9.17) is 0 Å². The van der Waals surface area contributed by atoms with Crippen molar-refractivity contribution in [1.29, 1.82) is 0 Å². The summed E-state index contributed by atoms with van der Waals surface area (Å²) in [4.78, 5) is 10.8. The van der Waals surface area contributed by atoms with Crippen LogP contribution in [0.2, 0.25) is 0 Å². The predicted molar refractivity (Wildman–Crippen MR) is 43.9 cm³/mol. The SMILES string of the molecule is Cn1ncc2c1CCCC2C(=O)[O-]. The standard InChI is InChI=1S/C9H12N2O2/c1-11-8-4-2-3-6(9(12)13)7(8)5-10-11/h5-6H,2-4H2,1H3,(H,12,13)/p-1. The summed E-state index contributed by atoms with van der Waals surface area (Å²) in [5, 5.41) is 14.8. The molecule has 13 heavy (non-hydrogen) atoms. The second-order valence-corrected chi connectivity index (χ2v) is 3.43. The second kappa shape index (κ2) is 2.87. The number of nitrogens with zero attached hydrogens (tertiary/aromatic N) is 2. The fraction of sp³-hybridized carbons (Fsp3) is 0.556. The molecule has 0 saturated heterocycles. The molecule has 0 aromatic carbocycles. The fourth-order valence-electron chi connectivity index (χ4n) is 1.95. The molecule has 70 valence electrons. The lowest BCUT2D eigenvalue weighted by molar-refractivity contribution is -0.308. The van der Waals surface area contributed by atoms with E-state index in [0.29, 0.717) is 6.42 Å². The second-order valence-electron chi connectivity index (χ2n) is 3.43. The van der Waals surface area contributed by atoms with Gasteiger partial charge in [-0.15, -0.1) is 0 Å². The van der Waals surface area contributed by atoms with Gasteiger partial charge in [-0.05, 0) is 19.3 Å². The summed E-state index contributed by atoms with van der Waals surface area (Å²) in [5.41, 5.74) is 1.88. The Morgan fingerprint density at radius 2 is 2.54 bits per heavy atom. The monoisotopic (exact) mass is 179 g/mol. The van der Waals surface area contributed by atoms with Crippen LogP contribution in [0.5, 0.6) is 0 Å². The van der Waals surface area contributed by atoms with Crippen LogP contribution in [-0.2, 0) is 18.3 Å². The normalized spacial score (nSPS) is 21.2. The molecule has 1 atom stereocenters. The van der Waals surface area contributed by atoms with Crippen LogP contribution in [-0.4, -0.2) is 15.7 Å². The van der Waals surface area contributed by atoms with Crippen LogP contribution in [0.3, 0.4) is 0 Å². The molecular formula is C9H11N2O2-. The first-order valence-corrected chi connectivity index (χ1v) is 4.42. The molecule has 0 N–H and O–H groups in total. The van der Waals surface area contributed by atoms with E-state index in [1.54, 1.807) is 10.9 Å². The number of carboxylic acid groups (broad SMARTS) is 1. The quantitative estimate of drug-likeness (QED) is 0.589. The fourth-order valence-corrected chi connectivity index (χ4v) is 1.95.